The lowest BCUT2D eigenvalue weighted by Crippen LogP contribution is -2.23. The molecule has 1 aromatic heterocycles. The standard InChI is InChI=1S/C12H20N2O3/c1-7(2)14-6-10(5-13-14)11(15)8(3)9(4)12(16)17/h5-9,11,15H,1-4H3,(H,16,17). The first kappa shape index (κ1) is 13.7. The van der Waals surface area contributed by atoms with Crippen LogP contribution in [0.25, 0.3) is 0 Å². The van der Waals surface area contributed by atoms with Crippen molar-refractivity contribution in [3.05, 3.63) is 18.0 Å². The van der Waals surface area contributed by atoms with Crippen LogP contribution < -0.4 is 0 Å². The van der Waals surface area contributed by atoms with Crippen LogP contribution in [0, 0.1) is 11.8 Å². The predicted octanol–water partition coefficient (Wildman–Crippen LogP) is 1.85. The van der Waals surface area contributed by atoms with Gasteiger partial charge in [0, 0.05) is 17.8 Å². The van der Waals surface area contributed by atoms with Gasteiger partial charge >= 0.3 is 5.97 Å². The second-order valence-electron chi connectivity index (χ2n) is 4.78. The Balaban J connectivity index is 2.81. The molecule has 0 aliphatic heterocycles. The number of aliphatic hydroxyl groups excluding tert-OH is 1. The van der Waals surface area contributed by atoms with Gasteiger partial charge in [0.2, 0.25) is 0 Å². The molecule has 0 saturated carbocycles. The number of aromatic nitrogens is 2. The summed E-state index contributed by atoms with van der Waals surface area (Å²) < 4.78 is 1.75. The Hall–Kier alpha value is -1.36. The molecule has 1 rings (SSSR count). The van der Waals surface area contributed by atoms with Crippen molar-refractivity contribution in [2.45, 2.75) is 39.8 Å². The van der Waals surface area contributed by atoms with Crippen molar-refractivity contribution in [3.63, 3.8) is 0 Å². The van der Waals surface area contributed by atoms with Crippen LogP contribution in [0.2, 0.25) is 0 Å². The fourth-order valence-electron chi connectivity index (χ4n) is 1.59. The highest BCUT2D eigenvalue weighted by Gasteiger charge is 2.27. The van der Waals surface area contributed by atoms with E-state index in [1.807, 2.05) is 13.8 Å². The average molecular weight is 240 g/mol. The lowest BCUT2D eigenvalue weighted by molar-refractivity contribution is -0.144. The van der Waals surface area contributed by atoms with Crippen LogP contribution in [-0.4, -0.2) is 26.0 Å². The highest BCUT2D eigenvalue weighted by molar-refractivity contribution is 5.69. The molecule has 0 fully saturated rings. The van der Waals surface area contributed by atoms with E-state index in [0.717, 1.165) is 0 Å². The van der Waals surface area contributed by atoms with Crippen molar-refractivity contribution in [3.8, 4) is 0 Å². The maximum Gasteiger partial charge on any atom is 0.306 e. The minimum atomic E-state index is -0.896. The smallest absolute Gasteiger partial charge is 0.306 e. The van der Waals surface area contributed by atoms with Crippen LogP contribution in [0.1, 0.15) is 45.4 Å². The van der Waals surface area contributed by atoms with E-state index in [-0.39, 0.29) is 12.0 Å². The van der Waals surface area contributed by atoms with E-state index < -0.39 is 18.0 Å². The molecule has 3 atom stereocenters. The summed E-state index contributed by atoms with van der Waals surface area (Å²) >= 11 is 0. The molecule has 5 heteroatoms. The minimum Gasteiger partial charge on any atom is -0.481 e. The fourth-order valence-corrected chi connectivity index (χ4v) is 1.59. The first-order valence-electron chi connectivity index (χ1n) is 5.79. The molecule has 17 heavy (non-hydrogen) atoms. The summed E-state index contributed by atoms with van der Waals surface area (Å²) in [6.45, 7) is 7.32. The van der Waals surface area contributed by atoms with Gasteiger partial charge < -0.3 is 10.2 Å². The number of rotatable bonds is 5. The third-order valence-corrected chi connectivity index (χ3v) is 3.17. The number of carbonyl (C=O) groups is 1. The highest BCUT2D eigenvalue weighted by Crippen LogP contribution is 2.28. The van der Waals surface area contributed by atoms with Crippen LogP contribution in [0.3, 0.4) is 0 Å². The van der Waals surface area contributed by atoms with Gasteiger partial charge in [0.25, 0.3) is 0 Å². The van der Waals surface area contributed by atoms with Crippen molar-refractivity contribution in [1.29, 1.82) is 0 Å². The van der Waals surface area contributed by atoms with Crippen molar-refractivity contribution < 1.29 is 15.0 Å². The quantitative estimate of drug-likeness (QED) is 0.823. The summed E-state index contributed by atoms with van der Waals surface area (Å²) in [7, 11) is 0. The molecule has 0 amide bonds. The van der Waals surface area contributed by atoms with E-state index >= 15 is 0 Å². The number of nitrogens with zero attached hydrogens (tertiary/aromatic N) is 2. The lowest BCUT2D eigenvalue weighted by Gasteiger charge is -2.21. The fraction of sp³-hybridized carbons (Fsp3) is 0.667. The van der Waals surface area contributed by atoms with Gasteiger partial charge in [-0.2, -0.15) is 5.10 Å². The first-order valence-corrected chi connectivity index (χ1v) is 5.79. The number of hydrogen-bond donors (Lipinski definition) is 2. The SMILES string of the molecule is CC(C(=O)O)C(C)C(O)c1cnn(C(C)C)c1. The van der Waals surface area contributed by atoms with Crippen molar-refractivity contribution in [2.75, 3.05) is 0 Å². The highest BCUT2D eigenvalue weighted by atomic mass is 16.4. The Morgan fingerprint density at radius 2 is 1.94 bits per heavy atom. The van der Waals surface area contributed by atoms with E-state index in [2.05, 4.69) is 5.10 Å². The zero-order chi connectivity index (χ0) is 13.2. The number of carboxylic acid groups (broad SMARTS) is 1. The molecule has 0 spiro atoms. The summed E-state index contributed by atoms with van der Waals surface area (Å²) in [4.78, 5) is 10.9. The summed E-state index contributed by atoms with van der Waals surface area (Å²) in [6.07, 6.45) is 2.56. The molecule has 96 valence electrons. The topological polar surface area (TPSA) is 75.3 Å². The summed E-state index contributed by atoms with van der Waals surface area (Å²) in [5.41, 5.74) is 0.666. The Kier molecular flexibility index (Phi) is 4.28. The third kappa shape index (κ3) is 3.06. The molecule has 0 aliphatic carbocycles. The lowest BCUT2D eigenvalue weighted by atomic mass is 9.88. The average Bonchev–Trinajstić information content (AvgIpc) is 2.75. The number of hydrogen-bond acceptors (Lipinski definition) is 3. The summed E-state index contributed by atoms with van der Waals surface area (Å²) in [5.74, 6) is -1.84. The second kappa shape index (κ2) is 5.31. The van der Waals surface area contributed by atoms with Gasteiger partial charge in [-0.25, -0.2) is 0 Å². The molecule has 0 saturated heterocycles. The minimum absolute atomic E-state index is 0.225. The Morgan fingerprint density at radius 1 is 1.35 bits per heavy atom. The van der Waals surface area contributed by atoms with Crippen molar-refractivity contribution in [1.82, 2.24) is 9.78 Å². The van der Waals surface area contributed by atoms with Gasteiger partial charge in [0.15, 0.2) is 0 Å². The number of aliphatic carboxylic acids is 1. The maximum atomic E-state index is 10.9. The van der Waals surface area contributed by atoms with Gasteiger partial charge in [0.1, 0.15) is 0 Å². The Bertz CT molecular complexity index is 387. The normalized spacial score (nSPS) is 16.8. The largest absolute Gasteiger partial charge is 0.481 e. The molecular formula is C12H20N2O3. The van der Waals surface area contributed by atoms with Crippen LogP contribution >= 0.6 is 0 Å². The van der Waals surface area contributed by atoms with E-state index in [9.17, 15) is 9.90 Å². The van der Waals surface area contributed by atoms with Gasteiger partial charge in [-0.3, -0.25) is 9.48 Å². The van der Waals surface area contributed by atoms with E-state index in [4.69, 9.17) is 5.11 Å². The molecule has 2 N–H and O–H groups in total. The van der Waals surface area contributed by atoms with Crippen LogP contribution in [-0.2, 0) is 4.79 Å². The first-order chi connectivity index (χ1) is 7.84. The predicted molar refractivity (Wildman–Crippen MR) is 63.5 cm³/mol. The molecule has 1 heterocycles. The second-order valence-corrected chi connectivity index (χ2v) is 4.78. The van der Waals surface area contributed by atoms with E-state index in [1.165, 1.54) is 0 Å². The van der Waals surface area contributed by atoms with Gasteiger partial charge in [-0.1, -0.05) is 13.8 Å². The Labute approximate surface area is 101 Å². The molecule has 0 bridgehead atoms. The monoisotopic (exact) mass is 240 g/mol. The Morgan fingerprint density at radius 3 is 2.35 bits per heavy atom. The van der Waals surface area contributed by atoms with Gasteiger partial charge in [-0.05, 0) is 19.8 Å². The summed E-state index contributed by atoms with van der Waals surface area (Å²) in [5, 5.41) is 23.1. The molecule has 0 aromatic carbocycles. The third-order valence-electron chi connectivity index (χ3n) is 3.17. The maximum absolute atomic E-state index is 10.9. The molecule has 1 aromatic rings. The molecule has 0 radical (unpaired) electrons. The van der Waals surface area contributed by atoms with E-state index in [1.54, 1.807) is 30.9 Å². The van der Waals surface area contributed by atoms with E-state index in [0.29, 0.717) is 5.56 Å². The number of aliphatic hydroxyl groups is 1. The van der Waals surface area contributed by atoms with Crippen LogP contribution in [0.4, 0.5) is 0 Å². The number of carboxylic acids is 1. The molecule has 3 unspecified atom stereocenters. The molecule has 0 aliphatic rings. The van der Waals surface area contributed by atoms with Crippen LogP contribution in [0.15, 0.2) is 12.4 Å². The van der Waals surface area contributed by atoms with Gasteiger partial charge in [-0.15, -0.1) is 0 Å². The van der Waals surface area contributed by atoms with Crippen molar-refractivity contribution >= 4 is 5.97 Å². The summed E-state index contributed by atoms with van der Waals surface area (Å²) in [6, 6.07) is 0.225. The molecule has 5 nitrogen and oxygen atoms in total. The zero-order valence-corrected chi connectivity index (χ0v) is 10.7. The van der Waals surface area contributed by atoms with Crippen LogP contribution in [0.5, 0.6) is 0 Å². The van der Waals surface area contributed by atoms with Gasteiger partial charge in [0.05, 0.1) is 18.2 Å². The zero-order valence-electron chi connectivity index (χ0n) is 10.7. The molecular weight excluding hydrogens is 220 g/mol. The van der Waals surface area contributed by atoms with Crippen molar-refractivity contribution in [2.24, 2.45) is 11.8 Å².